The van der Waals surface area contributed by atoms with Crippen molar-refractivity contribution in [2.45, 2.75) is 19.1 Å². The van der Waals surface area contributed by atoms with Gasteiger partial charge in [-0.3, -0.25) is 0 Å². The first-order valence-electron chi connectivity index (χ1n) is 6.57. The molecule has 2 amide bonds. The standard InChI is InChI=1S/C12H21N3O4/c1-9-7-14(4-3-13(9)2)12(18)15-5-6-19-10(8-15)11(16)17/h9-10H,3-8H2,1-2H3,(H,16,17). The number of morpholine rings is 1. The molecule has 0 spiro atoms. The molecule has 2 unspecified atom stereocenters. The van der Waals surface area contributed by atoms with Crippen molar-refractivity contribution in [2.24, 2.45) is 0 Å². The topological polar surface area (TPSA) is 73.3 Å². The van der Waals surface area contributed by atoms with E-state index in [0.29, 0.717) is 25.7 Å². The Morgan fingerprint density at radius 1 is 1.16 bits per heavy atom. The van der Waals surface area contributed by atoms with Gasteiger partial charge in [0.1, 0.15) is 0 Å². The molecule has 2 rings (SSSR count). The molecule has 0 aromatic heterocycles. The van der Waals surface area contributed by atoms with Gasteiger partial charge in [-0.15, -0.1) is 0 Å². The minimum absolute atomic E-state index is 0.0745. The van der Waals surface area contributed by atoms with Crippen LogP contribution in [-0.2, 0) is 9.53 Å². The van der Waals surface area contributed by atoms with Crippen molar-refractivity contribution >= 4 is 12.0 Å². The molecule has 1 N–H and O–H groups in total. The molecule has 0 aromatic carbocycles. The van der Waals surface area contributed by atoms with E-state index in [1.807, 2.05) is 7.05 Å². The van der Waals surface area contributed by atoms with Crippen LogP contribution in [0.2, 0.25) is 0 Å². The van der Waals surface area contributed by atoms with Gasteiger partial charge in [-0.2, -0.15) is 0 Å². The fourth-order valence-corrected chi connectivity index (χ4v) is 2.39. The van der Waals surface area contributed by atoms with Gasteiger partial charge in [0.15, 0.2) is 6.10 Å². The molecule has 2 fully saturated rings. The molecule has 0 aromatic rings. The van der Waals surface area contributed by atoms with E-state index in [9.17, 15) is 9.59 Å². The summed E-state index contributed by atoms with van der Waals surface area (Å²) >= 11 is 0. The summed E-state index contributed by atoms with van der Waals surface area (Å²) in [6.07, 6.45) is -0.900. The Bertz CT molecular complexity index is 363. The molecule has 0 saturated carbocycles. The zero-order chi connectivity index (χ0) is 14.0. The normalized spacial score (nSPS) is 29.4. The van der Waals surface area contributed by atoms with Gasteiger partial charge in [-0.05, 0) is 14.0 Å². The lowest BCUT2D eigenvalue weighted by atomic mass is 10.2. The van der Waals surface area contributed by atoms with Crippen LogP contribution in [0.4, 0.5) is 4.79 Å². The largest absolute Gasteiger partial charge is 0.479 e. The van der Waals surface area contributed by atoms with Crippen LogP contribution in [0.25, 0.3) is 0 Å². The van der Waals surface area contributed by atoms with E-state index in [1.54, 1.807) is 9.80 Å². The third-order valence-electron chi connectivity index (χ3n) is 3.84. The minimum atomic E-state index is -1.01. The third kappa shape index (κ3) is 3.16. The zero-order valence-corrected chi connectivity index (χ0v) is 11.4. The number of carbonyl (C=O) groups excluding carboxylic acids is 1. The van der Waals surface area contributed by atoms with E-state index < -0.39 is 12.1 Å². The molecular weight excluding hydrogens is 250 g/mol. The van der Waals surface area contributed by atoms with Gasteiger partial charge < -0.3 is 24.5 Å². The van der Waals surface area contributed by atoms with Crippen molar-refractivity contribution in [3.8, 4) is 0 Å². The highest BCUT2D eigenvalue weighted by Crippen LogP contribution is 2.13. The number of carboxylic acids is 1. The molecule has 7 heteroatoms. The maximum Gasteiger partial charge on any atom is 0.334 e. The van der Waals surface area contributed by atoms with Crippen molar-refractivity contribution in [3.05, 3.63) is 0 Å². The molecule has 2 aliphatic rings. The van der Waals surface area contributed by atoms with E-state index in [4.69, 9.17) is 9.84 Å². The summed E-state index contributed by atoms with van der Waals surface area (Å²) < 4.78 is 5.13. The molecule has 2 atom stereocenters. The maximum atomic E-state index is 12.4. The smallest absolute Gasteiger partial charge is 0.334 e. The van der Waals surface area contributed by atoms with Crippen LogP contribution in [0.3, 0.4) is 0 Å². The first-order valence-corrected chi connectivity index (χ1v) is 6.57. The fraction of sp³-hybridized carbons (Fsp3) is 0.833. The van der Waals surface area contributed by atoms with E-state index in [0.717, 1.165) is 6.54 Å². The molecule has 0 radical (unpaired) electrons. The lowest BCUT2D eigenvalue weighted by molar-refractivity contribution is -0.154. The lowest BCUT2D eigenvalue weighted by Crippen LogP contribution is -2.58. The van der Waals surface area contributed by atoms with E-state index >= 15 is 0 Å². The number of likely N-dealkylation sites (N-methyl/N-ethyl adjacent to an activating group) is 1. The highest BCUT2D eigenvalue weighted by molar-refractivity contribution is 5.77. The van der Waals surface area contributed by atoms with Crippen molar-refractivity contribution < 1.29 is 19.4 Å². The number of rotatable bonds is 1. The maximum absolute atomic E-state index is 12.4. The number of carbonyl (C=O) groups is 2. The second kappa shape index (κ2) is 5.75. The number of carboxylic acid groups (broad SMARTS) is 1. The Hall–Kier alpha value is -1.34. The average Bonchev–Trinajstić information content (AvgIpc) is 2.41. The minimum Gasteiger partial charge on any atom is -0.479 e. The molecule has 108 valence electrons. The van der Waals surface area contributed by atoms with E-state index in [2.05, 4.69) is 11.8 Å². The van der Waals surface area contributed by atoms with Gasteiger partial charge in [0, 0.05) is 32.2 Å². The third-order valence-corrected chi connectivity index (χ3v) is 3.84. The summed E-state index contributed by atoms with van der Waals surface area (Å²) in [6.45, 7) is 5.18. The van der Waals surface area contributed by atoms with Crippen LogP contribution >= 0.6 is 0 Å². The Kier molecular flexibility index (Phi) is 4.26. The summed E-state index contributed by atoms with van der Waals surface area (Å²) in [5, 5.41) is 8.94. The van der Waals surface area contributed by atoms with Crippen molar-refractivity contribution in [3.63, 3.8) is 0 Å². The highest BCUT2D eigenvalue weighted by Gasteiger charge is 2.33. The Morgan fingerprint density at radius 2 is 1.84 bits per heavy atom. The SMILES string of the molecule is CC1CN(C(=O)N2CCOC(C(=O)O)C2)CCN1C. The summed E-state index contributed by atoms with van der Waals surface area (Å²) in [4.78, 5) is 28.9. The highest BCUT2D eigenvalue weighted by atomic mass is 16.5. The molecule has 0 bridgehead atoms. The quantitative estimate of drug-likeness (QED) is 0.698. The van der Waals surface area contributed by atoms with Crippen molar-refractivity contribution in [1.82, 2.24) is 14.7 Å². The van der Waals surface area contributed by atoms with Gasteiger partial charge in [0.2, 0.25) is 0 Å². The number of aliphatic carboxylic acids is 1. The monoisotopic (exact) mass is 271 g/mol. The van der Waals surface area contributed by atoms with Gasteiger partial charge in [-0.25, -0.2) is 9.59 Å². The number of ether oxygens (including phenoxy) is 1. The summed E-state index contributed by atoms with van der Waals surface area (Å²) in [5.74, 6) is -1.01. The number of urea groups is 1. The Morgan fingerprint density at radius 3 is 2.47 bits per heavy atom. The van der Waals surface area contributed by atoms with Crippen LogP contribution in [0.15, 0.2) is 0 Å². The van der Waals surface area contributed by atoms with Gasteiger partial charge >= 0.3 is 12.0 Å². The van der Waals surface area contributed by atoms with Crippen LogP contribution in [-0.4, -0.2) is 90.3 Å². The summed E-state index contributed by atoms with van der Waals surface area (Å²) in [5.41, 5.74) is 0. The second-order valence-electron chi connectivity index (χ2n) is 5.20. The van der Waals surface area contributed by atoms with Crippen LogP contribution in [0.1, 0.15) is 6.92 Å². The lowest BCUT2D eigenvalue weighted by Gasteiger charge is -2.41. The number of amides is 2. The molecular formula is C12H21N3O4. The molecule has 0 aliphatic carbocycles. The van der Waals surface area contributed by atoms with E-state index in [1.165, 1.54) is 0 Å². The average molecular weight is 271 g/mol. The van der Waals surface area contributed by atoms with Gasteiger partial charge in [0.05, 0.1) is 13.2 Å². The Labute approximate surface area is 112 Å². The number of piperazine rings is 1. The van der Waals surface area contributed by atoms with Crippen LogP contribution in [0, 0.1) is 0 Å². The van der Waals surface area contributed by atoms with E-state index in [-0.39, 0.29) is 19.2 Å². The van der Waals surface area contributed by atoms with Crippen LogP contribution in [0.5, 0.6) is 0 Å². The molecule has 2 aliphatic heterocycles. The molecule has 2 heterocycles. The number of nitrogens with zero attached hydrogens (tertiary/aromatic N) is 3. The zero-order valence-electron chi connectivity index (χ0n) is 11.4. The van der Waals surface area contributed by atoms with Gasteiger partial charge in [0.25, 0.3) is 0 Å². The predicted molar refractivity (Wildman–Crippen MR) is 68.0 cm³/mol. The summed E-state index contributed by atoms with van der Waals surface area (Å²) in [6, 6.07) is 0.253. The number of hydrogen-bond donors (Lipinski definition) is 1. The summed E-state index contributed by atoms with van der Waals surface area (Å²) in [7, 11) is 2.04. The predicted octanol–water partition coefficient (Wildman–Crippen LogP) is -0.472. The van der Waals surface area contributed by atoms with Crippen molar-refractivity contribution in [1.29, 1.82) is 0 Å². The first kappa shape index (κ1) is 14.1. The fourth-order valence-electron chi connectivity index (χ4n) is 2.39. The molecule has 19 heavy (non-hydrogen) atoms. The Balaban J connectivity index is 1.94. The molecule has 2 saturated heterocycles. The second-order valence-corrected chi connectivity index (χ2v) is 5.20. The van der Waals surface area contributed by atoms with Crippen molar-refractivity contribution in [2.75, 3.05) is 46.4 Å². The van der Waals surface area contributed by atoms with Gasteiger partial charge in [-0.1, -0.05) is 0 Å². The first-order chi connectivity index (χ1) is 8.99. The van der Waals surface area contributed by atoms with Crippen LogP contribution < -0.4 is 0 Å². The molecule has 7 nitrogen and oxygen atoms in total. The number of hydrogen-bond acceptors (Lipinski definition) is 4.